The molecular formula is C6H16O8P2. The van der Waals surface area contributed by atoms with Crippen LogP contribution in [-0.4, -0.2) is 34.0 Å². The van der Waals surface area contributed by atoms with E-state index in [4.69, 9.17) is 14.7 Å². The molecule has 0 saturated carbocycles. The highest BCUT2D eigenvalue weighted by Gasteiger charge is 2.24. The van der Waals surface area contributed by atoms with Gasteiger partial charge in [0.1, 0.15) is 0 Å². The lowest BCUT2D eigenvalue weighted by Crippen LogP contribution is -2.08. The quantitative estimate of drug-likeness (QED) is 0.444. The van der Waals surface area contributed by atoms with Crippen molar-refractivity contribution in [1.82, 2.24) is 0 Å². The average molecular weight is 278 g/mol. The van der Waals surface area contributed by atoms with Gasteiger partial charge >= 0.3 is 15.6 Å². The van der Waals surface area contributed by atoms with Crippen LogP contribution in [0.15, 0.2) is 0 Å². The van der Waals surface area contributed by atoms with Gasteiger partial charge in [-0.1, -0.05) is 6.92 Å². The minimum absolute atomic E-state index is 0.446. The second kappa shape index (κ2) is 6.83. The highest BCUT2D eigenvalue weighted by atomic mass is 31.2. The molecule has 0 saturated heterocycles. The van der Waals surface area contributed by atoms with Gasteiger partial charge in [0.05, 0.1) is 19.3 Å². The van der Waals surface area contributed by atoms with Crippen LogP contribution in [-0.2, 0) is 22.7 Å². The Morgan fingerprint density at radius 3 is 2.06 bits per heavy atom. The molecule has 0 aromatic carbocycles. The summed E-state index contributed by atoms with van der Waals surface area (Å²) in [4.78, 5) is 25.7. The van der Waals surface area contributed by atoms with Crippen LogP contribution >= 0.6 is 15.6 Å². The van der Waals surface area contributed by atoms with Gasteiger partial charge in [-0.3, -0.25) is 13.6 Å². The van der Waals surface area contributed by atoms with E-state index in [0.717, 1.165) is 0 Å². The molecule has 0 radical (unpaired) electrons. The van der Waals surface area contributed by atoms with Crippen LogP contribution in [0.1, 0.15) is 20.3 Å². The number of hydrogen-bond donors (Lipinski definition) is 3. The molecule has 0 bridgehead atoms. The van der Waals surface area contributed by atoms with Gasteiger partial charge in [0.2, 0.25) is 0 Å². The zero-order valence-corrected chi connectivity index (χ0v) is 10.8. The molecule has 3 N–H and O–H groups in total. The first-order valence-electron chi connectivity index (χ1n) is 4.52. The first-order valence-corrected chi connectivity index (χ1v) is 7.54. The number of phosphoric acid groups is 2. The van der Waals surface area contributed by atoms with Crippen LogP contribution in [0.4, 0.5) is 0 Å². The zero-order chi connectivity index (χ0) is 12.8. The van der Waals surface area contributed by atoms with Crippen molar-refractivity contribution in [2.24, 2.45) is 0 Å². The molecule has 0 aromatic heterocycles. The van der Waals surface area contributed by atoms with E-state index >= 15 is 0 Å². The molecule has 98 valence electrons. The van der Waals surface area contributed by atoms with Gasteiger partial charge in [0.25, 0.3) is 0 Å². The Morgan fingerprint density at radius 2 is 1.62 bits per heavy atom. The summed E-state index contributed by atoms with van der Waals surface area (Å²) in [5, 5.41) is 0. The average Bonchev–Trinajstić information content (AvgIpc) is 2.10. The summed E-state index contributed by atoms with van der Waals surface area (Å²) in [6, 6.07) is 0. The molecule has 0 fully saturated rings. The van der Waals surface area contributed by atoms with Crippen LogP contribution in [0, 0.1) is 0 Å². The third kappa shape index (κ3) is 9.45. The standard InChI is InChI=1S/C6H16O8P2/c1-3-6(2)14-16(10,11)13-5-4-12-15(7,8)9/h6H,3-5H2,1-2H3,(H,10,11)(H2,7,8,9). The van der Waals surface area contributed by atoms with Crippen LogP contribution in [0.2, 0.25) is 0 Å². The lowest BCUT2D eigenvalue weighted by Gasteiger charge is -2.16. The monoisotopic (exact) mass is 278 g/mol. The van der Waals surface area contributed by atoms with Gasteiger partial charge in [-0.05, 0) is 13.3 Å². The summed E-state index contributed by atoms with van der Waals surface area (Å²) in [5.41, 5.74) is 0. The number of rotatable bonds is 8. The summed E-state index contributed by atoms with van der Waals surface area (Å²) in [6.45, 7) is 2.41. The molecule has 16 heavy (non-hydrogen) atoms. The topological polar surface area (TPSA) is 123 Å². The van der Waals surface area contributed by atoms with E-state index in [-0.39, 0.29) is 0 Å². The molecule has 0 rings (SSSR count). The van der Waals surface area contributed by atoms with Gasteiger partial charge in [-0.15, -0.1) is 0 Å². The van der Waals surface area contributed by atoms with Crippen molar-refractivity contribution in [3.05, 3.63) is 0 Å². The van der Waals surface area contributed by atoms with Crippen molar-refractivity contribution in [1.29, 1.82) is 0 Å². The highest BCUT2D eigenvalue weighted by Crippen LogP contribution is 2.45. The summed E-state index contributed by atoms with van der Waals surface area (Å²) in [7, 11) is -8.75. The maximum atomic E-state index is 11.2. The summed E-state index contributed by atoms with van der Waals surface area (Å²) in [5.74, 6) is 0. The Bertz CT molecular complexity index is 286. The van der Waals surface area contributed by atoms with E-state index in [0.29, 0.717) is 6.42 Å². The van der Waals surface area contributed by atoms with Crippen molar-refractivity contribution >= 4 is 15.6 Å². The van der Waals surface area contributed by atoms with Gasteiger partial charge in [0, 0.05) is 0 Å². The molecule has 0 aliphatic rings. The summed E-state index contributed by atoms with van der Waals surface area (Å²) in [6.07, 6.45) is 0.0888. The van der Waals surface area contributed by atoms with E-state index < -0.39 is 35.0 Å². The molecule has 2 atom stereocenters. The van der Waals surface area contributed by atoms with Crippen LogP contribution in [0.25, 0.3) is 0 Å². The normalized spacial score (nSPS) is 18.1. The Balaban J connectivity index is 3.83. The highest BCUT2D eigenvalue weighted by molar-refractivity contribution is 7.47. The first kappa shape index (κ1) is 16.2. The SMILES string of the molecule is CCC(C)OP(=O)(O)OCCOP(=O)(O)O. The summed E-state index contributed by atoms with van der Waals surface area (Å²) >= 11 is 0. The maximum Gasteiger partial charge on any atom is 0.472 e. The Morgan fingerprint density at radius 1 is 1.12 bits per heavy atom. The van der Waals surface area contributed by atoms with E-state index in [1.807, 2.05) is 0 Å². The van der Waals surface area contributed by atoms with Crippen molar-refractivity contribution in [2.75, 3.05) is 13.2 Å². The zero-order valence-electron chi connectivity index (χ0n) is 8.98. The van der Waals surface area contributed by atoms with E-state index in [9.17, 15) is 9.13 Å². The third-order valence-electron chi connectivity index (χ3n) is 1.49. The van der Waals surface area contributed by atoms with Gasteiger partial charge in [-0.2, -0.15) is 0 Å². The van der Waals surface area contributed by atoms with E-state index in [1.54, 1.807) is 13.8 Å². The Hall–Kier alpha value is 0.220. The molecule has 0 aromatic rings. The molecule has 0 aliphatic carbocycles. The molecule has 8 nitrogen and oxygen atoms in total. The predicted octanol–water partition coefficient (Wildman–Crippen LogP) is 1.03. The molecule has 2 unspecified atom stereocenters. The third-order valence-corrected chi connectivity index (χ3v) is 3.14. The predicted molar refractivity (Wildman–Crippen MR) is 54.6 cm³/mol. The van der Waals surface area contributed by atoms with Crippen molar-refractivity contribution in [2.45, 2.75) is 26.4 Å². The van der Waals surface area contributed by atoms with Crippen LogP contribution in [0.3, 0.4) is 0 Å². The fourth-order valence-electron chi connectivity index (χ4n) is 0.641. The lowest BCUT2D eigenvalue weighted by molar-refractivity contribution is 0.0912. The molecule has 0 aliphatic heterocycles. The number of phosphoric ester groups is 2. The second-order valence-corrected chi connectivity index (χ2v) is 5.60. The molecular weight excluding hydrogens is 262 g/mol. The Labute approximate surface area is 93.4 Å². The lowest BCUT2D eigenvalue weighted by atomic mass is 10.3. The molecule has 10 heteroatoms. The van der Waals surface area contributed by atoms with Gasteiger partial charge in [0.15, 0.2) is 0 Å². The van der Waals surface area contributed by atoms with Crippen molar-refractivity contribution in [3.8, 4) is 0 Å². The van der Waals surface area contributed by atoms with E-state index in [1.165, 1.54) is 0 Å². The maximum absolute atomic E-state index is 11.2. The van der Waals surface area contributed by atoms with Crippen LogP contribution < -0.4 is 0 Å². The molecule has 0 heterocycles. The van der Waals surface area contributed by atoms with Gasteiger partial charge in [-0.25, -0.2) is 9.13 Å². The Kier molecular flexibility index (Phi) is 6.93. The summed E-state index contributed by atoms with van der Waals surface area (Å²) < 4.78 is 34.5. The second-order valence-electron chi connectivity index (χ2n) is 2.95. The van der Waals surface area contributed by atoms with Crippen LogP contribution in [0.5, 0.6) is 0 Å². The first-order chi connectivity index (χ1) is 7.16. The van der Waals surface area contributed by atoms with Crippen molar-refractivity contribution in [3.63, 3.8) is 0 Å². The molecule has 0 amide bonds. The number of hydrogen-bond acceptors (Lipinski definition) is 5. The minimum atomic E-state index is -4.57. The fraction of sp³-hybridized carbons (Fsp3) is 1.00. The fourth-order valence-corrected chi connectivity index (χ4v) is 1.92. The minimum Gasteiger partial charge on any atom is -0.303 e. The van der Waals surface area contributed by atoms with E-state index in [2.05, 4.69) is 13.6 Å². The largest absolute Gasteiger partial charge is 0.472 e. The smallest absolute Gasteiger partial charge is 0.303 e. The van der Waals surface area contributed by atoms with Crippen molar-refractivity contribution < 1.29 is 37.4 Å². The van der Waals surface area contributed by atoms with Gasteiger partial charge < -0.3 is 14.7 Å². The molecule has 0 spiro atoms.